The Labute approximate surface area is 455 Å². The number of rotatable bonds is 22. The van der Waals surface area contributed by atoms with Crippen LogP contribution in [0.4, 0.5) is 0 Å². The summed E-state index contributed by atoms with van der Waals surface area (Å²) < 4.78 is 2.46. The van der Waals surface area contributed by atoms with Crippen molar-refractivity contribution in [3.63, 3.8) is 0 Å². The van der Waals surface area contributed by atoms with Gasteiger partial charge in [0, 0.05) is 60.6 Å². The van der Waals surface area contributed by atoms with E-state index in [0.29, 0.717) is 23.0 Å². The van der Waals surface area contributed by atoms with Crippen LogP contribution in [0.1, 0.15) is 121 Å². The van der Waals surface area contributed by atoms with Crippen molar-refractivity contribution in [1.29, 1.82) is 10.5 Å². The third-order valence-corrected chi connectivity index (χ3v) is 19.0. The molecule has 0 aliphatic rings. The second-order valence-electron chi connectivity index (χ2n) is 19.5. The Bertz CT molecular complexity index is 3250. The molecule has 74 heavy (non-hydrogen) atoms. The summed E-state index contributed by atoms with van der Waals surface area (Å²) >= 11 is 7.44. The van der Waals surface area contributed by atoms with E-state index in [1.165, 1.54) is 102 Å². The molecule has 370 valence electrons. The van der Waals surface area contributed by atoms with E-state index in [1.807, 2.05) is 34.8 Å². The van der Waals surface area contributed by atoms with E-state index in [1.54, 1.807) is 22.7 Å². The molecule has 2 atom stereocenters. The molecule has 9 rings (SSSR count). The number of hydrogen-bond donors (Lipinski definition) is 0. The lowest BCUT2D eigenvalue weighted by Crippen LogP contribution is -2.01. The number of hydrogen-bond acceptors (Lipinski definition) is 6. The van der Waals surface area contributed by atoms with Crippen molar-refractivity contribution in [3.05, 3.63) is 188 Å². The lowest BCUT2D eigenvalue weighted by molar-refractivity contribution is 0.452. The summed E-state index contributed by atoms with van der Waals surface area (Å²) in [7, 11) is 0. The molecule has 0 fully saturated rings. The van der Waals surface area contributed by atoms with Crippen LogP contribution in [0.15, 0.2) is 147 Å². The minimum absolute atomic E-state index is 0.636. The molecule has 2 unspecified atom stereocenters. The van der Waals surface area contributed by atoms with Gasteiger partial charge >= 0.3 is 0 Å². The second kappa shape index (κ2) is 24.6. The maximum atomic E-state index is 10.8. The third kappa shape index (κ3) is 11.8. The molecule has 0 bridgehead atoms. The van der Waals surface area contributed by atoms with E-state index in [-0.39, 0.29) is 0 Å². The minimum Gasteiger partial charge on any atom is -0.192 e. The first-order valence-electron chi connectivity index (χ1n) is 26.4. The van der Waals surface area contributed by atoms with E-state index in [0.717, 1.165) is 67.1 Å². The van der Waals surface area contributed by atoms with Gasteiger partial charge in [0.05, 0.1) is 23.3 Å². The van der Waals surface area contributed by atoms with Crippen LogP contribution in [-0.2, 0) is 12.8 Å². The van der Waals surface area contributed by atoms with Gasteiger partial charge in [0.25, 0.3) is 0 Å². The number of nitriles is 2. The molecule has 0 aliphatic carbocycles. The lowest BCUT2D eigenvalue weighted by atomic mass is 9.95. The van der Waals surface area contributed by atoms with E-state index in [9.17, 15) is 10.5 Å². The van der Waals surface area contributed by atoms with Crippen LogP contribution in [0.2, 0.25) is 0 Å². The van der Waals surface area contributed by atoms with Crippen LogP contribution < -0.4 is 0 Å². The second-order valence-corrected chi connectivity index (χ2v) is 24.0. The first-order valence-corrected chi connectivity index (χ1v) is 29.6. The highest BCUT2D eigenvalue weighted by molar-refractivity contribution is 7.24. The SMILES string of the molecule is C=Cc1ccc(-c2ccc(/C(C#N)=C/c3cc4c(-c5ccc(CC(CC)CCCC)s5)c5sc(/C=C(\C#N)c6ccc(-c7ccc(C=C)cc7)cc6)cc5c(-c5ccc(CC(CC)CCCC)s5)c4s3)cc2)cc1. The fraction of sp³-hybridized carbons (Fsp3) is 0.235. The Balaban J connectivity index is 1.20. The molecule has 0 amide bonds. The Morgan fingerprint density at radius 2 is 0.851 bits per heavy atom. The molecular weight excluding hydrogens is 973 g/mol. The molecule has 4 heterocycles. The number of unbranched alkanes of at least 4 members (excludes halogenated alkanes) is 2. The number of benzene rings is 5. The number of fused-ring (bicyclic) bond motifs is 2. The molecule has 0 N–H and O–H groups in total. The van der Waals surface area contributed by atoms with Crippen LogP contribution in [0.3, 0.4) is 0 Å². The molecule has 2 nitrogen and oxygen atoms in total. The molecule has 0 saturated carbocycles. The van der Waals surface area contributed by atoms with Crippen LogP contribution in [0, 0.1) is 34.5 Å². The van der Waals surface area contributed by atoms with Gasteiger partial charge in [-0.25, -0.2) is 0 Å². The van der Waals surface area contributed by atoms with Crippen molar-refractivity contribution < 1.29 is 0 Å². The third-order valence-electron chi connectivity index (χ3n) is 14.5. The standard InChI is InChI=1S/C68H64N2S4/c1-7-13-15-47(11-5)37-57-33-35-63(71-57)65-61-41-59(39-55(43-69)53-29-25-51(26-30-53)49-21-17-45(9-3)18-22-49)74-68(61)66(64-36-34-58(72-64)38-48(12-6)16-14-8-2)62-42-60(73-67(62)65)40-56(44-70)54-31-27-52(28-32-54)50-23-19-46(10-4)20-24-50/h9-10,17-36,39-42,47-48H,3-4,7-8,11-16,37-38H2,1-2,5-6H3/b55-39+,56-40+. The highest BCUT2D eigenvalue weighted by Gasteiger charge is 2.24. The van der Waals surface area contributed by atoms with Gasteiger partial charge in [0.2, 0.25) is 0 Å². The molecular formula is C68H64N2S4. The highest BCUT2D eigenvalue weighted by atomic mass is 32.1. The van der Waals surface area contributed by atoms with Crippen molar-refractivity contribution in [2.24, 2.45) is 11.8 Å². The van der Waals surface area contributed by atoms with Crippen molar-refractivity contribution in [1.82, 2.24) is 0 Å². The van der Waals surface area contributed by atoms with Crippen LogP contribution in [-0.4, -0.2) is 0 Å². The van der Waals surface area contributed by atoms with E-state index in [4.69, 9.17) is 0 Å². The molecule has 9 aromatic rings. The summed E-state index contributed by atoms with van der Waals surface area (Å²) in [6, 6.07) is 52.8. The zero-order valence-corrected chi connectivity index (χ0v) is 46.4. The van der Waals surface area contributed by atoms with Gasteiger partial charge in [0.1, 0.15) is 0 Å². The van der Waals surface area contributed by atoms with Gasteiger partial charge in [-0.05, 0) is 118 Å². The Hall–Kier alpha value is -6.64. The van der Waals surface area contributed by atoms with Crippen LogP contribution in [0.25, 0.3) is 98.8 Å². The lowest BCUT2D eigenvalue weighted by Gasteiger charge is -2.13. The van der Waals surface area contributed by atoms with Crippen molar-refractivity contribution in [2.75, 3.05) is 0 Å². The summed E-state index contributed by atoms with van der Waals surface area (Å²) in [5.41, 5.74) is 12.2. The van der Waals surface area contributed by atoms with Gasteiger partial charge < -0.3 is 0 Å². The average Bonchev–Trinajstić information content (AvgIpc) is 4.29. The maximum Gasteiger partial charge on any atom is 0.0998 e. The Morgan fingerprint density at radius 3 is 1.18 bits per heavy atom. The summed E-state index contributed by atoms with van der Waals surface area (Å²) in [6.07, 6.45) is 19.9. The summed E-state index contributed by atoms with van der Waals surface area (Å²) in [5.74, 6) is 1.32. The molecule has 5 aromatic carbocycles. The Morgan fingerprint density at radius 1 is 0.486 bits per heavy atom. The van der Waals surface area contributed by atoms with Crippen molar-refractivity contribution in [3.8, 4) is 55.3 Å². The van der Waals surface area contributed by atoms with Gasteiger partial charge in [-0.3, -0.25) is 0 Å². The fourth-order valence-electron chi connectivity index (χ4n) is 10.1. The normalized spacial score (nSPS) is 12.7. The molecule has 0 spiro atoms. The monoisotopic (exact) mass is 1040 g/mol. The van der Waals surface area contributed by atoms with E-state index in [2.05, 4.69) is 199 Å². The molecule has 0 radical (unpaired) electrons. The Kier molecular flexibility index (Phi) is 17.4. The topological polar surface area (TPSA) is 47.6 Å². The number of nitrogens with zero attached hydrogens (tertiary/aromatic N) is 2. The predicted molar refractivity (Wildman–Crippen MR) is 329 cm³/mol. The average molecular weight is 1040 g/mol. The number of thiophene rings is 4. The van der Waals surface area contributed by atoms with E-state index < -0.39 is 0 Å². The largest absolute Gasteiger partial charge is 0.192 e. The molecule has 6 heteroatoms. The smallest absolute Gasteiger partial charge is 0.0998 e. The van der Waals surface area contributed by atoms with Gasteiger partial charge in [0.15, 0.2) is 0 Å². The minimum atomic E-state index is 0.636. The first-order chi connectivity index (χ1) is 36.3. The van der Waals surface area contributed by atoms with E-state index >= 15 is 0 Å². The molecule has 0 aliphatic heterocycles. The quantitative estimate of drug-likeness (QED) is 0.0635. The predicted octanol–water partition coefficient (Wildman–Crippen LogP) is 21.8. The molecule has 4 aromatic heterocycles. The zero-order valence-electron chi connectivity index (χ0n) is 43.2. The fourth-order valence-corrected chi connectivity index (χ4v) is 15.0. The first kappa shape index (κ1) is 52.2. The van der Waals surface area contributed by atoms with Crippen molar-refractivity contribution >= 4 is 101 Å². The summed E-state index contributed by atoms with van der Waals surface area (Å²) in [4.78, 5) is 7.49. The maximum absolute atomic E-state index is 10.8. The highest BCUT2D eigenvalue weighted by Crippen LogP contribution is 2.53. The molecule has 0 saturated heterocycles. The number of allylic oxidation sites excluding steroid dienone is 2. The van der Waals surface area contributed by atoms with Gasteiger partial charge in [-0.15, -0.1) is 45.3 Å². The summed E-state index contributed by atoms with van der Waals surface area (Å²) in [5, 5.41) is 24.0. The van der Waals surface area contributed by atoms with Crippen LogP contribution >= 0.6 is 45.3 Å². The zero-order chi connectivity index (χ0) is 51.6. The van der Waals surface area contributed by atoms with Gasteiger partial charge in [-0.1, -0.05) is 201 Å². The van der Waals surface area contributed by atoms with Crippen LogP contribution in [0.5, 0.6) is 0 Å². The van der Waals surface area contributed by atoms with Crippen molar-refractivity contribution in [2.45, 2.75) is 91.9 Å². The van der Waals surface area contributed by atoms with Gasteiger partial charge in [-0.2, -0.15) is 10.5 Å². The summed E-state index contributed by atoms with van der Waals surface area (Å²) in [6.45, 7) is 17.1.